The average molecular weight is 442 g/mol. The molecule has 0 spiro atoms. The summed E-state index contributed by atoms with van der Waals surface area (Å²) in [6.07, 6.45) is 5.16. The van der Waals surface area contributed by atoms with E-state index in [2.05, 4.69) is 25.7 Å². The van der Waals surface area contributed by atoms with Crippen molar-refractivity contribution in [3.05, 3.63) is 71.7 Å². The Morgan fingerprint density at radius 2 is 1.94 bits per heavy atom. The monoisotopic (exact) mass is 442 g/mol. The summed E-state index contributed by atoms with van der Waals surface area (Å²) in [5.41, 5.74) is 3.30. The van der Waals surface area contributed by atoms with Crippen LogP contribution in [0.25, 0.3) is 5.65 Å². The zero-order valence-corrected chi connectivity index (χ0v) is 18.2. The molecular weight excluding hydrogens is 420 g/mol. The maximum Gasteiger partial charge on any atom is 0.257 e. The second-order valence-electron chi connectivity index (χ2n) is 8.03. The number of carbonyl (C=O) groups is 2. The molecule has 1 aromatic carbocycles. The maximum absolute atomic E-state index is 12.7. The van der Waals surface area contributed by atoms with Gasteiger partial charge in [0.25, 0.3) is 5.91 Å². The van der Waals surface area contributed by atoms with Crippen LogP contribution in [0.5, 0.6) is 11.6 Å². The third-order valence-corrected chi connectivity index (χ3v) is 5.43. The molecule has 1 fully saturated rings. The number of rotatable bonds is 6. The van der Waals surface area contributed by atoms with Crippen LogP contribution < -0.4 is 15.4 Å². The fraction of sp³-hybridized carbons (Fsp3) is 0.208. The zero-order valence-electron chi connectivity index (χ0n) is 18.2. The van der Waals surface area contributed by atoms with Gasteiger partial charge in [-0.05, 0) is 56.5 Å². The Kier molecular flexibility index (Phi) is 5.21. The van der Waals surface area contributed by atoms with E-state index in [-0.39, 0.29) is 17.7 Å². The summed E-state index contributed by atoms with van der Waals surface area (Å²) in [6.45, 7) is 3.70. The highest BCUT2D eigenvalue weighted by molar-refractivity contribution is 6.05. The first kappa shape index (κ1) is 20.6. The minimum atomic E-state index is -0.236. The molecule has 3 heterocycles. The lowest BCUT2D eigenvalue weighted by Crippen LogP contribution is -2.14. The number of amides is 2. The van der Waals surface area contributed by atoms with Crippen molar-refractivity contribution in [1.29, 1.82) is 0 Å². The van der Waals surface area contributed by atoms with Gasteiger partial charge >= 0.3 is 0 Å². The number of nitrogens with zero attached hydrogens (tertiary/aromatic N) is 4. The van der Waals surface area contributed by atoms with E-state index in [4.69, 9.17) is 4.74 Å². The van der Waals surface area contributed by atoms with Crippen molar-refractivity contribution in [3.63, 3.8) is 0 Å². The molecule has 33 heavy (non-hydrogen) atoms. The summed E-state index contributed by atoms with van der Waals surface area (Å²) in [6, 6.07) is 12.3. The summed E-state index contributed by atoms with van der Waals surface area (Å²) in [7, 11) is 0. The Bertz CT molecular complexity index is 1380. The minimum Gasteiger partial charge on any atom is -0.438 e. The maximum atomic E-state index is 12.7. The van der Waals surface area contributed by atoms with Gasteiger partial charge in [-0.3, -0.25) is 14.6 Å². The molecule has 0 bridgehead atoms. The van der Waals surface area contributed by atoms with Gasteiger partial charge in [-0.15, -0.1) is 5.10 Å². The van der Waals surface area contributed by atoms with E-state index in [1.807, 2.05) is 13.0 Å². The molecule has 2 amide bonds. The van der Waals surface area contributed by atoms with Gasteiger partial charge in [0.15, 0.2) is 11.5 Å². The van der Waals surface area contributed by atoms with Crippen molar-refractivity contribution >= 4 is 29.0 Å². The molecule has 9 nitrogen and oxygen atoms in total. The number of nitrogens with one attached hydrogen (secondary N) is 2. The molecular formula is C24H22N6O3. The number of benzene rings is 1. The van der Waals surface area contributed by atoms with Crippen molar-refractivity contribution < 1.29 is 14.3 Å². The molecule has 5 rings (SSSR count). The molecule has 0 atom stereocenters. The van der Waals surface area contributed by atoms with Crippen molar-refractivity contribution in [2.45, 2.75) is 26.7 Å². The Balaban J connectivity index is 1.33. The van der Waals surface area contributed by atoms with E-state index in [0.717, 1.165) is 18.4 Å². The van der Waals surface area contributed by atoms with Crippen LogP contribution >= 0.6 is 0 Å². The number of anilines is 2. The summed E-state index contributed by atoms with van der Waals surface area (Å²) < 4.78 is 7.48. The average Bonchev–Trinajstić information content (AvgIpc) is 3.57. The van der Waals surface area contributed by atoms with Crippen LogP contribution in [0.4, 0.5) is 11.5 Å². The van der Waals surface area contributed by atoms with Crippen LogP contribution in [0.1, 0.15) is 34.5 Å². The summed E-state index contributed by atoms with van der Waals surface area (Å²) in [5.74, 6) is 1.19. The molecule has 3 aromatic heterocycles. The van der Waals surface area contributed by atoms with Crippen molar-refractivity contribution in [2.24, 2.45) is 5.92 Å². The standard InChI is InChI=1S/C24H22N6O3/c1-14-5-8-17(12-19(14)26-24(32)18-4-3-11-25-15(18)2)33-22-10-9-21-27-20(13-30(21)29-22)28-23(31)16-6-7-16/h3-5,8-13,16H,6-7H2,1-2H3,(H,26,32)(H,28,31). The van der Waals surface area contributed by atoms with Gasteiger partial charge in [0.05, 0.1) is 11.8 Å². The topological polar surface area (TPSA) is 111 Å². The first-order valence-corrected chi connectivity index (χ1v) is 10.6. The van der Waals surface area contributed by atoms with Gasteiger partial charge in [0.1, 0.15) is 5.75 Å². The molecule has 9 heteroatoms. The number of aryl methyl sites for hydroxylation is 2. The van der Waals surface area contributed by atoms with Crippen LogP contribution in [0.2, 0.25) is 0 Å². The van der Waals surface area contributed by atoms with Crippen molar-refractivity contribution in [1.82, 2.24) is 19.6 Å². The molecule has 0 unspecified atom stereocenters. The number of ether oxygens (including phenoxy) is 1. The molecule has 166 valence electrons. The first-order valence-electron chi connectivity index (χ1n) is 10.6. The first-order chi connectivity index (χ1) is 16.0. The number of aromatic nitrogens is 4. The van der Waals surface area contributed by atoms with E-state index in [9.17, 15) is 9.59 Å². The van der Waals surface area contributed by atoms with Crippen LogP contribution in [-0.4, -0.2) is 31.4 Å². The molecule has 0 saturated heterocycles. The highest BCUT2D eigenvalue weighted by atomic mass is 16.5. The fourth-order valence-corrected chi connectivity index (χ4v) is 3.39. The number of fused-ring (bicyclic) bond motifs is 1. The summed E-state index contributed by atoms with van der Waals surface area (Å²) in [4.78, 5) is 33.2. The highest BCUT2D eigenvalue weighted by Gasteiger charge is 2.30. The predicted molar refractivity (Wildman–Crippen MR) is 123 cm³/mol. The SMILES string of the molecule is Cc1ccc(Oc2ccc3nc(NC(=O)C4CC4)cn3n2)cc1NC(=O)c1cccnc1C. The molecule has 1 saturated carbocycles. The third-order valence-electron chi connectivity index (χ3n) is 5.43. The minimum absolute atomic E-state index is 0.00871. The number of carbonyl (C=O) groups excluding carboxylic acids is 2. The fourth-order valence-electron chi connectivity index (χ4n) is 3.39. The number of imidazole rings is 1. The normalized spacial score (nSPS) is 13.0. The molecule has 2 N–H and O–H groups in total. The Hall–Kier alpha value is -4.27. The van der Waals surface area contributed by atoms with Gasteiger partial charge in [-0.25, -0.2) is 9.50 Å². The Labute approximate surface area is 189 Å². The summed E-state index contributed by atoms with van der Waals surface area (Å²) >= 11 is 0. The quantitative estimate of drug-likeness (QED) is 0.464. The van der Waals surface area contributed by atoms with Crippen LogP contribution in [-0.2, 0) is 4.79 Å². The van der Waals surface area contributed by atoms with Crippen molar-refractivity contribution in [2.75, 3.05) is 10.6 Å². The molecule has 1 aliphatic rings. The molecule has 0 aliphatic heterocycles. The van der Waals surface area contributed by atoms with Crippen LogP contribution in [0.15, 0.2) is 54.9 Å². The Morgan fingerprint density at radius 1 is 1.09 bits per heavy atom. The van der Waals surface area contributed by atoms with E-state index >= 15 is 0 Å². The van der Waals surface area contributed by atoms with Gasteiger partial charge in [-0.1, -0.05) is 6.07 Å². The summed E-state index contributed by atoms with van der Waals surface area (Å²) in [5, 5.41) is 10.2. The zero-order chi connectivity index (χ0) is 22.9. The van der Waals surface area contributed by atoms with E-state index in [0.29, 0.717) is 40.0 Å². The molecule has 0 radical (unpaired) electrons. The van der Waals surface area contributed by atoms with E-state index in [1.165, 1.54) is 0 Å². The predicted octanol–water partition coefficient (Wildman–Crippen LogP) is 4.13. The number of hydrogen-bond acceptors (Lipinski definition) is 6. The second-order valence-corrected chi connectivity index (χ2v) is 8.03. The van der Waals surface area contributed by atoms with Crippen molar-refractivity contribution in [3.8, 4) is 11.6 Å². The lowest BCUT2D eigenvalue weighted by molar-refractivity contribution is -0.117. The Morgan fingerprint density at radius 3 is 2.73 bits per heavy atom. The molecule has 4 aromatic rings. The van der Waals surface area contributed by atoms with Gasteiger partial charge in [-0.2, -0.15) is 0 Å². The number of pyridine rings is 1. The second kappa shape index (κ2) is 8.34. The third kappa shape index (κ3) is 4.52. The van der Waals surface area contributed by atoms with Crippen LogP contribution in [0.3, 0.4) is 0 Å². The van der Waals surface area contributed by atoms with E-state index < -0.39 is 0 Å². The van der Waals surface area contributed by atoms with Gasteiger partial charge in [0.2, 0.25) is 11.8 Å². The largest absolute Gasteiger partial charge is 0.438 e. The lowest BCUT2D eigenvalue weighted by atomic mass is 10.1. The highest BCUT2D eigenvalue weighted by Crippen LogP contribution is 2.30. The lowest BCUT2D eigenvalue weighted by Gasteiger charge is -2.12. The van der Waals surface area contributed by atoms with Gasteiger partial charge in [0, 0.05) is 35.6 Å². The smallest absolute Gasteiger partial charge is 0.257 e. The van der Waals surface area contributed by atoms with E-state index in [1.54, 1.807) is 60.2 Å². The van der Waals surface area contributed by atoms with Gasteiger partial charge < -0.3 is 15.4 Å². The molecule has 1 aliphatic carbocycles. The van der Waals surface area contributed by atoms with Crippen LogP contribution in [0, 0.1) is 19.8 Å². The number of hydrogen-bond donors (Lipinski definition) is 2.